The third kappa shape index (κ3) is 1.59. The Morgan fingerprint density at radius 1 is 1.23 bits per heavy atom. The van der Waals surface area contributed by atoms with Crippen LogP contribution in [0.2, 0.25) is 0 Å². The van der Waals surface area contributed by atoms with E-state index in [1.54, 1.807) is 5.57 Å². The number of hydrogen-bond donors (Lipinski definition) is 0. The Kier molecular flexibility index (Phi) is 2.31. The van der Waals surface area contributed by atoms with E-state index in [4.69, 9.17) is 0 Å². The molecule has 2 rings (SSSR count). The zero-order chi connectivity index (χ0) is 9.42. The molecule has 13 heavy (non-hydrogen) atoms. The van der Waals surface area contributed by atoms with Gasteiger partial charge in [-0.25, -0.2) is 0 Å². The maximum atomic E-state index is 4.09. The normalized spacial score (nSPS) is 39.7. The van der Waals surface area contributed by atoms with Crippen molar-refractivity contribution in [1.29, 1.82) is 0 Å². The van der Waals surface area contributed by atoms with Crippen LogP contribution in [0.15, 0.2) is 23.8 Å². The van der Waals surface area contributed by atoms with Crippen LogP contribution in [0.3, 0.4) is 0 Å². The van der Waals surface area contributed by atoms with Crippen molar-refractivity contribution in [1.82, 2.24) is 0 Å². The van der Waals surface area contributed by atoms with Crippen LogP contribution in [0.4, 0.5) is 0 Å². The Hall–Kier alpha value is -0.520. The number of allylic oxidation sites excluding steroid dienone is 3. The molecule has 0 saturated heterocycles. The van der Waals surface area contributed by atoms with Crippen molar-refractivity contribution in [3.8, 4) is 0 Å². The zero-order valence-electron chi connectivity index (χ0n) is 8.84. The first-order valence-corrected chi connectivity index (χ1v) is 5.57. The van der Waals surface area contributed by atoms with Gasteiger partial charge < -0.3 is 0 Å². The van der Waals surface area contributed by atoms with Crippen LogP contribution in [0.1, 0.15) is 39.5 Å². The first kappa shape index (κ1) is 9.05. The van der Waals surface area contributed by atoms with Gasteiger partial charge >= 0.3 is 0 Å². The second kappa shape index (κ2) is 3.32. The van der Waals surface area contributed by atoms with E-state index in [0.717, 1.165) is 17.8 Å². The number of fused-ring (bicyclic) bond motifs is 1. The van der Waals surface area contributed by atoms with Crippen LogP contribution >= 0.6 is 0 Å². The van der Waals surface area contributed by atoms with Gasteiger partial charge in [0, 0.05) is 0 Å². The molecule has 0 radical (unpaired) electrons. The number of rotatable bonds is 0. The molecule has 0 amide bonds. The first-order chi connectivity index (χ1) is 6.18. The quantitative estimate of drug-likeness (QED) is 0.524. The standard InChI is InChI=1S/C13H20/c1-9-4-7-12-10(2)5-6-11(3)13(12)8-9/h8,10-12H,1,4-7H2,2-3H3/t10-,11+,12+/m1/s1. The lowest BCUT2D eigenvalue weighted by Gasteiger charge is -2.38. The van der Waals surface area contributed by atoms with Crippen LogP contribution in [-0.4, -0.2) is 0 Å². The summed E-state index contributed by atoms with van der Waals surface area (Å²) in [6.07, 6.45) is 7.78. The first-order valence-electron chi connectivity index (χ1n) is 5.57. The summed E-state index contributed by atoms with van der Waals surface area (Å²) in [4.78, 5) is 0. The van der Waals surface area contributed by atoms with Gasteiger partial charge in [-0.05, 0) is 43.4 Å². The molecule has 0 heteroatoms. The smallest absolute Gasteiger partial charge is 0.0168 e. The van der Waals surface area contributed by atoms with Crippen molar-refractivity contribution in [2.45, 2.75) is 39.5 Å². The van der Waals surface area contributed by atoms with Gasteiger partial charge in [-0.2, -0.15) is 0 Å². The summed E-state index contributed by atoms with van der Waals surface area (Å²) < 4.78 is 0. The summed E-state index contributed by atoms with van der Waals surface area (Å²) in [5.41, 5.74) is 3.06. The molecular weight excluding hydrogens is 156 g/mol. The molecule has 0 heterocycles. The summed E-state index contributed by atoms with van der Waals surface area (Å²) in [5.74, 6) is 2.61. The zero-order valence-corrected chi connectivity index (χ0v) is 8.84. The SMILES string of the molecule is C=C1C=C2[C@@H](CC1)[C@H](C)CC[C@@H]2C. The van der Waals surface area contributed by atoms with E-state index in [1.807, 2.05) is 0 Å². The highest BCUT2D eigenvalue weighted by Crippen LogP contribution is 2.44. The van der Waals surface area contributed by atoms with E-state index >= 15 is 0 Å². The predicted octanol–water partition coefficient (Wildman–Crippen LogP) is 3.95. The Balaban J connectivity index is 2.26. The molecule has 0 spiro atoms. The summed E-state index contributed by atoms with van der Waals surface area (Å²) in [5, 5.41) is 0. The molecule has 0 aromatic rings. The van der Waals surface area contributed by atoms with Crippen molar-refractivity contribution in [3.05, 3.63) is 23.8 Å². The van der Waals surface area contributed by atoms with Crippen LogP contribution in [0, 0.1) is 17.8 Å². The van der Waals surface area contributed by atoms with Crippen molar-refractivity contribution >= 4 is 0 Å². The fourth-order valence-electron chi connectivity index (χ4n) is 2.92. The molecular formula is C13H20. The van der Waals surface area contributed by atoms with Gasteiger partial charge in [0.15, 0.2) is 0 Å². The van der Waals surface area contributed by atoms with E-state index < -0.39 is 0 Å². The van der Waals surface area contributed by atoms with Crippen molar-refractivity contribution in [3.63, 3.8) is 0 Å². The molecule has 0 aromatic carbocycles. The van der Waals surface area contributed by atoms with Crippen molar-refractivity contribution in [2.75, 3.05) is 0 Å². The fourth-order valence-corrected chi connectivity index (χ4v) is 2.92. The highest BCUT2D eigenvalue weighted by molar-refractivity contribution is 5.29. The van der Waals surface area contributed by atoms with Gasteiger partial charge in [0.2, 0.25) is 0 Å². The Morgan fingerprint density at radius 3 is 2.77 bits per heavy atom. The monoisotopic (exact) mass is 176 g/mol. The number of hydrogen-bond acceptors (Lipinski definition) is 0. The van der Waals surface area contributed by atoms with E-state index in [9.17, 15) is 0 Å². The highest BCUT2D eigenvalue weighted by Gasteiger charge is 2.31. The molecule has 0 N–H and O–H groups in total. The van der Waals surface area contributed by atoms with Crippen LogP contribution in [-0.2, 0) is 0 Å². The Morgan fingerprint density at radius 2 is 2.00 bits per heavy atom. The maximum Gasteiger partial charge on any atom is -0.0168 e. The van der Waals surface area contributed by atoms with E-state index in [0.29, 0.717) is 0 Å². The second-order valence-electron chi connectivity index (χ2n) is 4.90. The summed E-state index contributed by atoms with van der Waals surface area (Å²) in [7, 11) is 0. The molecule has 0 bridgehead atoms. The van der Waals surface area contributed by atoms with Crippen LogP contribution in [0.25, 0.3) is 0 Å². The Bertz CT molecular complexity index is 247. The van der Waals surface area contributed by atoms with Crippen LogP contribution < -0.4 is 0 Å². The van der Waals surface area contributed by atoms with Gasteiger partial charge in [-0.15, -0.1) is 0 Å². The van der Waals surface area contributed by atoms with E-state index in [2.05, 4.69) is 26.5 Å². The van der Waals surface area contributed by atoms with Crippen LogP contribution in [0.5, 0.6) is 0 Å². The molecule has 0 nitrogen and oxygen atoms in total. The minimum absolute atomic E-state index is 0.818. The topological polar surface area (TPSA) is 0 Å². The lowest BCUT2D eigenvalue weighted by molar-refractivity contribution is 0.266. The average molecular weight is 176 g/mol. The van der Waals surface area contributed by atoms with Crippen molar-refractivity contribution < 1.29 is 0 Å². The molecule has 2 aliphatic carbocycles. The maximum absolute atomic E-state index is 4.09. The van der Waals surface area contributed by atoms with Crippen molar-refractivity contribution in [2.24, 2.45) is 17.8 Å². The van der Waals surface area contributed by atoms with Gasteiger partial charge in [0.25, 0.3) is 0 Å². The lowest BCUT2D eigenvalue weighted by Crippen LogP contribution is -2.26. The fraction of sp³-hybridized carbons (Fsp3) is 0.692. The highest BCUT2D eigenvalue weighted by atomic mass is 14.4. The predicted molar refractivity (Wildman–Crippen MR) is 57.5 cm³/mol. The van der Waals surface area contributed by atoms with Gasteiger partial charge in [-0.3, -0.25) is 0 Å². The molecule has 0 aliphatic heterocycles. The van der Waals surface area contributed by atoms with Gasteiger partial charge in [0.1, 0.15) is 0 Å². The van der Waals surface area contributed by atoms with E-state index in [-0.39, 0.29) is 0 Å². The third-order valence-corrected chi connectivity index (χ3v) is 3.89. The molecule has 0 aromatic heterocycles. The molecule has 1 fully saturated rings. The summed E-state index contributed by atoms with van der Waals surface area (Å²) in [6.45, 7) is 8.88. The second-order valence-corrected chi connectivity index (χ2v) is 4.90. The third-order valence-electron chi connectivity index (χ3n) is 3.89. The molecule has 1 saturated carbocycles. The molecule has 72 valence electrons. The minimum atomic E-state index is 0.818. The largest absolute Gasteiger partial charge is 0.0958 e. The molecule has 0 unspecified atom stereocenters. The Labute approximate surface area is 81.7 Å². The summed E-state index contributed by atoms with van der Waals surface area (Å²) >= 11 is 0. The van der Waals surface area contributed by atoms with E-state index in [1.165, 1.54) is 31.3 Å². The minimum Gasteiger partial charge on any atom is -0.0958 e. The average Bonchev–Trinajstić information content (AvgIpc) is 2.12. The van der Waals surface area contributed by atoms with Gasteiger partial charge in [0.05, 0.1) is 0 Å². The molecule has 3 atom stereocenters. The summed E-state index contributed by atoms with van der Waals surface area (Å²) in [6, 6.07) is 0. The lowest BCUT2D eigenvalue weighted by atomic mass is 9.67. The molecule has 2 aliphatic rings. The van der Waals surface area contributed by atoms with Gasteiger partial charge in [-0.1, -0.05) is 37.6 Å².